The molecule has 24 heavy (non-hydrogen) atoms. The van der Waals surface area contributed by atoms with E-state index in [1.54, 1.807) is 12.1 Å². The zero-order valence-electron chi connectivity index (χ0n) is 14.4. The van der Waals surface area contributed by atoms with Gasteiger partial charge in [-0.25, -0.2) is 4.79 Å². The van der Waals surface area contributed by atoms with E-state index in [2.05, 4.69) is 24.0 Å². The van der Waals surface area contributed by atoms with Crippen LogP contribution in [0, 0.1) is 0 Å². The largest absolute Gasteiger partial charge is 0.514 e. The summed E-state index contributed by atoms with van der Waals surface area (Å²) in [5, 5.41) is 0. The number of nitrogens with zero attached hydrogens (tertiary/aromatic N) is 1. The second-order valence-electron chi connectivity index (χ2n) is 5.70. The molecule has 0 saturated carbocycles. The molecule has 128 valence electrons. The summed E-state index contributed by atoms with van der Waals surface area (Å²) in [6, 6.07) is 19.2. The summed E-state index contributed by atoms with van der Waals surface area (Å²) < 4.78 is 10.5. The number of hydrogen-bond acceptors (Lipinski definition) is 4. The number of carbonyl (C=O) groups is 1. The fraction of sp³-hybridized carbons (Fsp3) is 0.350. The van der Waals surface area contributed by atoms with Gasteiger partial charge < -0.3 is 14.4 Å². The van der Waals surface area contributed by atoms with Gasteiger partial charge in [0.25, 0.3) is 0 Å². The zero-order valence-corrected chi connectivity index (χ0v) is 14.4. The molecule has 0 aliphatic heterocycles. The molecule has 0 aromatic heterocycles. The Labute approximate surface area is 144 Å². The fourth-order valence-corrected chi connectivity index (χ4v) is 2.45. The molecule has 2 aromatic rings. The maximum Gasteiger partial charge on any atom is 0.514 e. The van der Waals surface area contributed by atoms with Crippen LogP contribution < -0.4 is 9.64 Å². The van der Waals surface area contributed by atoms with Crippen molar-refractivity contribution in [1.29, 1.82) is 0 Å². The molecule has 0 bridgehead atoms. The molecule has 4 nitrogen and oxygen atoms in total. The summed E-state index contributed by atoms with van der Waals surface area (Å²) in [5.74, 6) is 0.492. The van der Waals surface area contributed by atoms with Crippen LogP contribution in [0.2, 0.25) is 0 Å². The predicted molar refractivity (Wildman–Crippen MR) is 96.6 cm³/mol. The van der Waals surface area contributed by atoms with Crippen molar-refractivity contribution in [2.45, 2.75) is 32.8 Å². The highest BCUT2D eigenvalue weighted by atomic mass is 16.7. The van der Waals surface area contributed by atoms with E-state index in [1.165, 1.54) is 5.69 Å². The van der Waals surface area contributed by atoms with Crippen molar-refractivity contribution in [3.63, 3.8) is 0 Å². The van der Waals surface area contributed by atoms with E-state index < -0.39 is 6.16 Å². The Kier molecular flexibility index (Phi) is 7.15. The molecule has 1 atom stereocenters. The lowest BCUT2D eigenvalue weighted by Crippen LogP contribution is -2.29. The van der Waals surface area contributed by atoms with Gasteiger partial charge in [-0.3, -0.25) is 0 Å². The summed E-state index contributed by atoms with van der Waals surface area (Å²) in [7, 11) is 0. The van der Waals surface area contributed by atoms with Gasteiger partial charge in [0.1, 0.15) is 11.9 Å². The van der Waals surface area contributed by atoms with Gasteiger partial charge in [-0.05, 0) is 37.6 Å². The van der Waals surface area contributed by atoms with Crippen LogP contribution in [0.4, 0.5) is 10.5 Å². The van der Waals surface area contributed by atoms with Crippen LogP contribution in [0.15, 0.2) is 60.7 Å². The van der Waals surface area contributed by atoms with Gasteiger partial charge in [0.05, 0.1) is 0 Å². The van der Waals surface area contributed by atoms with E-state index in [9.17, 15) is 4.79 Å². The van der Waals surface area contributed by atoms with E-state index in [0.29, 0.717) is 5.75 Å². The first kappa shape index (κ1) is 17.9. The number of rotatable bonds is 8. The molecule has 4 heteroatoms. The van der Waals surface area contributed by atoms with E-state index in [-0.39, 0.29) is 6.10 Å². The minimum atomic E-state index is -0.657. The van der Waals surface area contributed by atoms with Crippen LogP contribution in [0.25, 0.3) is 0 Å². The van der Waals surface area contributed by atoms with Crippen LogP contribution in [0.3, 0.4) is 0 Å². The Morgan fingerprint density at radius 1 is 1.00 bits per heavy atom. The normalized spacial score (nSPS) is 11.6. The average molecular weight is 327 g/mol. The number of ether oxygens (including phenoxy) is 2. The molecule has 0 radical (unpaired) electrons. The van der Waals surface area contributed by atoms with Gasteiger partial charge in [-0.2, -0.15) is 0 Å². The standard InChI is InChI=1S/C20H25NO3/c1-3-15-21(18-10-6-4-7-11-18)16-14-17(2)23-20(22)24-19-12-8-5-9-13-19/h4-13,17H,3,14-16H2,1-2H3. The molecule has 0 amide bonds. The monoisotopic (exact) mass is 327 g/mol. The Balaban J connectivity index is 1.80. The highest BCUT2D eigenvalue weighted by Crippen LogP contribution is 2.15. The molecule has 0 fully saturated rings. The molecule has 0 N–H and O–H groups in total. The molecule has 0 heterocycles. The maximum atomic E-state index is 11.8. The van der Waals surface area contributed by atoms with Crippen LogP contribution >= 0.6 is 0 Å². The van der Waals surface area contributed by atoms with Gasteiger partial charge in [0.2, 0.25) is 0 Å². The van der Waals surface area contributed by atoms with Gasteiger partial charge in [-0.15, -0.1) is 0 Å². The summed E-state index contributed by atoms with van der Waals surface area (Å²) in [5.41, 5.74) is 1.19. The highest BCUT2D eigenvalue weighted by Gasteiger charge is 2.14. The summed E-state index contributed by atoms with van der Waals surface area (Å²) in [4.78, 5) is 14.1. The van der Waals surface area contributed by atoms with Gasteiger partial charge in [0, 0.05) is 25.2 Å². The van der Waals surface area contributed by atoms with Gasteiger partial charge in [0.15, 0.2) is 0 Å². The molecule has 0 spiro atoms. The minimum absolute atomic E-state index is 0.204. The lowest BCUT2D eigenvalue weighted by molar-refractivity contribution is 0.0632. The molecular weight excluding hydrogens is 302 g/mol. The van der Waals surface area contributed by atoms with Crippen molar-refractivity contribution >= 4 is 11.8 Å². The van der Waals surface area contributed by atoms with Crippen molar-refractivity contribution in [2.24, 2.45) is 0 Å². The molecule has 0 saturated heterocycles. The van der Waals surface area contributed by atoms with Crippen LogP contribution in [0.5, 0.6) is 5.75 Å². The molecule has 2 aromatic carbocycles. The van der Waals surface area contributed by atoms with Crippen molar-refractivity contribution < 1.29 is 14.3 Å². The first-order chi connectivity index (χ1) is 11.7. The van der Waals surface area contributed by atoms with Gasteiger partial charge >= 0.3 is 6.16 Å². The maximum absolute atomic E-state index is 11.8. The lowest BCUT2D eigenvalue weighted by atomic mass is 10.2. The van der Waals surface area contributed by atoms with Crippen molar-refractivity contribution in [3.8, 4) is 5.75 Å². The molecular formula is C20H25NO3. The zero-order chi connectivity index (χ0) is 17.2. The fourth-order valence-electron chi connectivity index (χ4n) is 2.45. The van der Waals surface area contributed by atoms with Crippen LogP contribution in [-0.2, 0) is 4.74 Å². The van der Waals surface area contributed by atoms with E-state index in [4.69, 9.17) is 9.47 Å². The number of benzene rings is 2. The van der Waals surface area contributed by atoms with Crippen molar-refractivity contribution in [2.75, 3.05) is 18.0 Å². The topological polar surface area (TPSA) is 38.8 Å². The lowest BCUT2D eigenvalue weighted by Gasteiger charge is -2.25. The summed E-state index contributed by atoms with van der Waals surface area (Å²) in [6.07, 6.45) is 0.957. The van der Waals surface area contributed by atoms with Crippen molar-refractivity contribution in [3.05, 3.63) is 60.7 Å². The quantitative estimate of drug-likeness (QED) is 0.511. The Hall–Kier alpha value is -2.49. The first-order valence-electron chi connectivity index (χ1n) is 8.42. The average Bonchev–Trinajstić information content (AvgIpc) is 2.60. The second kappa shape index (κ2) is 9.60. The van der Waals surface area contributed by atoms with E-state index >= 15 is 0 Å². The second-order valence-corrected chi connectivity index (χ2v) is 5.70. The first-order valence-corrected chi connectivity index (χ1v) is 8.42. The Bertz CT molecular complexity index is 601. The molecule has 0 aliphatic rings. The van der Waals surface area contributed by atoms with Crippen molar-refractivity contribution in [1.82, 2.24) is 0 Å². The molecule has 2 rings (SSSR count). The number of anilines is 1. The molecule has 0 aliphatic carbocycles. The summed E-state index contributed by atoms with van der Waals surface area (Å²) in [6.45, 7) is 5.86. The minimum Gasteiger partial charge on any atom is -0.431 e. The Morgan fingerprint density at radius 2 is 1.62 bits per heavy atom. The number of hydrogen-bond donors (Lipinski definition) is 0. The highest BCUT2D eigenvalue weighted by molar-refractivity contribution is 5.63. The third kappa shape index (κ3) is 5.95. The van der Waals surface area contributed by atoms with Crippen LogP contribution in [-0.4, -0.2) is 25.3 Å². The third-order valence-electron chi connectivity index (χ3n) is 3.66. The van der Waals surface area contributed by atoms with Crippen LogP contribution in [0.1, 0.15) is 26.7 Å². The number of carbonyl (C=O) groups excluding carboxylic acids is 1. The van der Waals surface area contributed by atoms with Gasteiger partial charge in [-0.1, -0.05) is 43.3 Å². The van der Waals surface area contributed by atoms with E-state index in [0.717, 1.165) is 25.9 Å². The third-order valence-corrected chi connectivity index (χ3v) is 3.66. The smallest absolute Gasteiger partial charge is 0.431 e. The summed E-state index contributed by atoms with van der Waals surface area (Å²) >= 11 is 0. The molecule has 1 unspecified atom stereocenters. The predicted octanol–water partition coefficient (Wildman–Crippen LogP) is 4.90. The van der Waals surface area contributed by atoms with E-state index in [1.807, 2.05) is 43.3 Å². The SMILES string of the molecule is CCCN(CCC(C)OC(=O)Oc1ccccc1)c1ccccc1. The Morgan fingerprint density at radius 3 is 2.25 bits per heavy atom. The number of para-hydroxylation sites is 2.